The van der Waals surface area contributed by atoms with Gasteiger partial charge >= 0.3 is 0 Å². The van der Waals surface area contributed by atoms with Crippen molar-refractivity contribution in [3.8, 4) is 0 Å². The van der Waals surface area contributed by atoms with E-state index >= 15 is 0 Å². The number of aliphatic hydroxyl groups is 1. The molecule has 0 bridgehead atoms. The molecule has 1 aromatic rings. The van der Waals surface area contributed by atoms with Gasteiger partial charge in [-0.25, -0.2) is 4.98 Å². The molecule has 0 aliphatic carbocycles. The van der Waals surface area contributed by atoms with Crippen LogP contribution in [0.5, 0.6) is 0 Å². The molecule has 1 atom stereocenters. The van der Waals surface area contributed by atoms with Gasteiger partial charge in [0.15, 0.2) is 5.82 Å². The molecule has 3 heterocycles. The molecule has 0 aromatic carbocycles. The first-order valence-corrected chi connectivity index (χ1v) is 6.20. The van der Waals surface area contributed by atoms with Gasteiger partial charge in [-0.15, -0.1) is 0 Å². The van der Waals surface area contributed by atoms with E-state index in [0.29, 0.717) is 18.1 Å². The third kappa shape index (κ3) is 1.49. The first-order valence-electron chi connectivity index (χ1n) is 5.82. The van der Waals surface area contributed by atoms with Crippen molar-refractivity contribution in [2.24, 2.45) is 0 Å². The lowest BCUT2D eigenvalue weighted by atomic mass is 9.95. The maximum Gasteiger partial charge on any atom is 0.254 e. The molecule has 7 heteroatoms. The molecule has 0 saturated carbocycles. The molecule has 0 unspecified atom stereocenters. The van der Waals surface area contributed by atoms with Crippen LogP contribution in [0.1, 0.15) is 19.0 Å². The van der Waals surface area contributed by atoms with Crippen molar-refractivity contribution in [1.82, 2.24) is 9.97 Å². The van der Waals surface area contributed by atoms with Crippen molar-refractivity contribution >= 4 is 29.0 Å². The van der Waals surface area contributed by atoms with Crippen molar-refractivity contribution in [3.63, 3.8) is 0 Å². The first-order chi connectivity index (χ1) is 8.55. The van der Waals surface area contributed by atoms with Gasteiger partial charge in [-0.3, -0.25) is 4.79 Å². The highest BCUT2D eigenvalue weighted by Crippen LogP contribution is 2.39. The second-order valence-corrected chi connectivity index (χ2v) is 5.15. The average molecular weight is 269 g/mol. The number of halogens is 1. The molecule has 96 valence electrons. The lowest BCUT2D eigenvalue weighted by Crippen LogP contribution is -2.59. The molecule has 2 aliphatic heterocycles. The predicted molar refractivity (Wildman–Crippen MR) is 66.8 cm³/mol. The summed E-state index contributed by atoms with van der Waals surface area (Å²) >= 11 is 5.88. The summed E-state index contributed by atoms with van der Waals surface area (Å²) in [6.07, 6.45) is 1.62. The van der Waals surface area contributed by atoms with Crippen LogP contribution in [-0.2, 0) is 11.2 Å². The molecule has 0 saturated heterocycles. The van der Waals surface area contributed by atoms with Crippen LogP contribution in [0.4, 0.5) is 11.5 Å². The summed E-state index contributed by atoms with van der Waals surface area (Å²) in [5.74, 6) is 0.380. The van der Waals surface area contributed by atoms with Gasteiger partial charge in [0.25, 0.3) is 5.91 Å². The summed E-state index contributed by atoms with van der Waals surface area (Å²) in [6, 6.07) is 0. The van der Waals surface area contributed by atoms with Crippen molar-refractivity contribution < 1.29 is 9.90 Å². The normalized spacial score (nSPS) is 25.7. The van der Waals surface area contributed by atoms with Gasteiger partial charge in [0.05, 0.1) is 12.3 Å². The molecule has 0 fully saturated rings. The van der Waals surface area contributed by atoms with E-state index in [1.54, 1.807) is 11.8 Å². The Morgan fingerprint density at radius 2 is 2.33 bits per heavy atom. The van der Waals surface area contributed by atoms with E-state index in [2.05, 4.69) is 15.3 Å². The maximum atomic E-state index is 12.4. The van der Waals surface area contributed by atoms with Crippen molar-refractivity contribution in [3.05, 3.63) is 11.0 Å². The Kier molecular flexibility index (Phi) is 2.46. The Morgan fingerprint density at radius 3 is 3.06 bits per heavy atom. The second-order valence-electron chi connectivity index (χ2n) is 4.81. The Morgan fingerprint density at radius 1 is 1.56 bits per heavy atom. The standard InChI is InChI=1S/C11H13ClN4O2/c1-11(5-17)9(18)16-4-2-3-6-7(16)8(15-11)14-10(12)13-6/h17H,2-5H2,1H3,(H,13,14,15)/t11-/m0/s1. The third-order valence-corrected chi connectivity index (χ3v) is 3.59. The lowest BCUT2D eigenvalue weighted by Gasteiger charge is -2.42. The predicted octanol–water partition coefficient (Wildman–Crippen LogP) is 0.586. The topological polar surface area (TPSA) is 78.3 Å². The molecule has 2 N–H and O–H groups in total. The van der Waals surface area contributed by atoms with E-state index in [1.807, 2.05) is 0 Å². The molecule has 1 aromatic heterocycles. The highest BCUT2D eigenvalue weighted by molar-refractivity contribution is 6.28. The summed E-state index contributed by atoms with van der Waals surface area (Å²) in [4.78, 5) is 22.3. The lowest BCUT2D eigenvalue weighted by molar-refractivity contribution is -0.124. The minimum atomic E-state index is -1.04. The number of aryl methyl sites for hydroxylation is 1. The van der Waals surface area contributed by atoms with Gasteiger partial charge in [-0.2, -0.15) is 4.98 Å². The zero-order valence-electron chi connectivity index (χ0n) is 9.90. The minimum Gasteiger partial charge on any atom is -0.393 e. The van der Waals surface area contributed by atoms with Crippen LogP contribution < -0.4 is 10.2 Å². The van der Waals surface area contributed by atoms with Gasteiger partial charge in [-0.05, 0) is 31.4 Å². The molecule has 6 nitrogen and oxygen atoms in total. The quantitative estimate of drug-likeness (QED) is 0.729. The van der Waals surface area contributed by atoms with Gasteiger partial charge < -0.3 is 15.3 Å². The molecule has 0 radical (unpaired) electrons. The van der Waals surface area contributed by atoms with E-state index < -0.39 is 5.54 Å². The third-order valence-electron chi connectivity index (χ3n) is 3.42. The highest BCUT2D eigenvalue weighted by Gasteiger charge is 2.44. The molecule has 0 spiro atoms. The van der Waals surface area contributed by atoms with E-state index in [-0.39, 0.29) is 17.8 Å². The Hall–Kier alpha value is -1.40. The number of anilines is 2. The van der Waals surface area contributed by atoms with Crippen LogP contribution in [-0.4, -0.2) is 39.7 Å². The Labute approximate surface area is 109 Å². The summed E-state index contributed by atoms with van der Waals surface area (Å²) < 4.78 is 0. The van der Waals surface area contributed by atoms with E-state index in [4.69, 9.17) is 11.6 Å². The number of aromatic nitrogens is 2. The van der Waals surface area contributed by atoms with Crippen LogP contribution in [0, 0.1) is 0 Å². The van der Waals surface area contributed by atoms with Gasteiger partial charge in [-0.1, -0.05) is 0 Å². The van der Waals surface area contributed by atoms with Gasteiger partial charge in [0, 0.05) is 6.54 Å². The second kappa shape index (κ2) is 3.80. The molecule has 3 rings (SSSR count). The number of hydrogen-bond donors (Lipinski definition) is 2. The smallest absolute Gasteiger partial charge is 0.254 e. The Balaban J connectivity index is 2.20. The van der Waals surface area contributed by atoms with E-state index in [9.17, 15) is 9.90 Å². The summed E-state index contributed by atoms with van der Waals surface area (Å²) in [7, 11) is 0. The number of hydrogen-bond acceptors (Lipinski definition) is 5. The zero-order chi connectivity index (χ0) is 12.9. The SMILES string of the molecule is C[C@@]1(CO)Nc2nc(Cl)nc3c2N(CCC3)C1=O. The fraction of sp³-hybridized carbons (Fsp3) is 0.545. The zero-order valence-corrected chi connectivity index (χ0v) is 10.7. The first kappa shape index (κ1) is 11.7. The number of carbonyl (C=O) groups is 1. The Bertz CT molecular complexity index is 536. The number of aliphatic hydroxyl groups excluding tert-OH is 1. The number of amides is 1. The molecule has 18 heavy (non-hydrogen) atoms. The number of nitrogens with one attached hydrogen (secondary N) is 1. The van der Waals surface area contributed by atoms with Gasteiger partial charge in [0.2, 0.25) is 5.28 Å². The molecule has 2 aliphatic rings. The fourth-order valence-electron chi connectivity index (χ4n) is 2.46. The number of rotatable bonds is 1. The van der Waals surface area contributed by atoms with Gasteiger partial charge in [0.1, 0.15) is 11.2 Å². The molecular formula is C11H13ClN4O2. The van der Waals surface area contributed by atoms with Crippen molar-refractivity contribution in [1.29, 1.82) is 0 Å². The maximum absolute atomic E-state index is 12.4. The van der Waals surface area contributed by atoms with Crippen molar-refractivity contribution in [2.45, 2.75) is 25.3 Å². The average Bonchev–Trinajstić information content (AvgIpc) is 2.35. The van der Waals surface area contributed by atoms with Crippen LogP contribution >= 0.6 is 11.6 Å². The van der Waals surface area contributed by atoms with E-state index in [1.165, 1.54) is 0 Å². The van der Waals surface area contributed by atoms with Crippen LogP contribution in [0.3, 0.4) is 0 Å². The van der Waals surface area contributed by atoms with E-state index in [0.717, 1.165) is 18.5 Å². The van der Waals surface area contributed by atoms with Crippen LogP contribution in [0.15, 0.2) is 0 Å². The summed E-state index contributed by atoms with van der Waals surface area (Å²) in [5, 5.41) is 12.6. The molecular weight excluding hydrogens is 256 g/mol. The largest absolute Gasteiger partial charge is 0.393 e. The summed E-state index contributed by atoms with van der Waals surface area (Å²) in [6.45, 7) is 1.99. The van der Waals surface area contributed by atoms with Crippen molar-refractivity contribution in [2.75, 3.05) is 23.4 Å². The monoisotopic (exact) mass is 268 g/mol. The number of carbonyl (C=O) groups excluding carboxylic acids is 1. The summed E-state index contributed by atoms with van der Waals surface area (Å²) in [5.41, 5.74) is 0.456. The number of nitrogens with zero attached hydrogens (tertiary/aromatic N) is 3. The fourth-order valence-corrected chi connectivity index (χ4v) is 2.64. The van der Waals surface area contributed by atoms with Crippen LogP contribution in [0.2, 0.25) is 5.28 Å². The minimum absolute atomic E-state index is 0.149. The highest BCUT2D eigenvalue weighted by atomic mass is 35.5. The van der Waals surface area contributed by atoms with Crippen LogP contribution in [0.25, 0.3) is 0 Å². The molecule has 1 amide bonds.